The number of phenols is 2. The van der Waals surface area contributed by atoms with Crippen LogP contribution >= 0.6 is 0 Å². The lowest BCUT2D eigenvalue weighted by Crippen LogP contribution is -2.58. The van der Waals surface area contributed by atoms with E-state index < -0.39 is 36.1 Å². The first kappa shape index (κ1) is 20.2. The number of benzene rings is 2. The standard InChI is InChI=1S/C21H20O9/c1-9-18(25)19(26)20(27)21(28-9)29-12-4-2-10(3-5-12)15-8-14(24)17-13(23)6-11(22)7-16(17)30-15/h2-9,18-23,25-27H,1H3. The van der Waals surface area contributed by atoms with Crippen LogP contribution in [0.2, 0.25) is 0 Å². The van der Waals surface area contributed by atoms with E-state index >= 15 is 0 Å². The van der Waals surface area contributed by atoms with E-state index in [-0.39, 0.29) is 28.2 Å². The molecule has 1 aromatic heterocycles. The highest BCUT2D eigenvalue weighted by Gasteiger charge is 2.43. The third-order valence-corrected chi connectivity index (χ3v) is 4.99. The molecule has 5 atom stereocenters. The molecule has 5 N–H and O–H groups in total. The molecule has 0 radical (unpaired) electrons. The van der Waals surface area contributed by atoms with Crippen LogP contribution in [0.3, 0.4) is 0 Å². The molecule has 0 saturated carbocycles. The van der Waals surface area contributed by atoms with Crippen LogP contribution in [0.15, 0.2) is 51.7 Å². The van der Waals surface area contributed by atoms with Gasteiger partial charge in [0.05, 0.1) is 6.10 Å². The monoisotopic (exact) mass is 416 g/mol. The van der Waals surface area contributed by atoms with E-state index in [1.807, 2.05) is 0 Å². The minimum absolute atomic E-state index is 0.0326. The summed E-state index contributed by atoms with van der Waals surface area (Å²) in [6.07, 6.45) is -5.97. The van der Waals surface area contributed by atoms with Crippen LogP contribution in [0.4, 0.5) is 0 Å². The summed E-state index contributed by atoms with van der Waals surface area (Å²) >= 11 is 0. The molecule has 5 unspecified atom stereocenters. The summed E-state index contributed by atoms with van der Waals surface area (Å²) in [4.78, 5) is 12.3. The molecule has 158 valence electrons. The van der Waals surface area contributed by atoms with E-state index in [0.717, 1.165) is 6.07 Å². The summed E-state index contributed by atoms with van der Waals surface area (Å²) in [6.45, 7) is 1.55. The number of ether oxygens (including phenoxy) is 2. The highest BCUT2D eigenvalue weighted by Crippen LogP contribution is 2.31. The first-order valence-electron chi connectivity index (χ1n) is 9.21. The van der Waals surface area contributed by atoms with E-state index in [1.165, 1.54) is 12.1 Å². The predicted octanol–water partition coefficient (Wildman–Crippen LogP) is 1.08. The molecular weight excluding hydrogens is 396 g/mol. The number of aliphatic hydroxyl groups excluding tert-OH is 3. The molecule has 0 amide bonds. The fourth-order valence-electron chi connectivity index (χ4n) is 3.34. The fourth-order valence-corrected chi connectivity index (χ4v) is 3.34. The van der Waals surface area contributed by atoms with Crippen LogP contribution in [0.25, 0.3) is 22.3 Å². The summed E-state index contributed by atoms with van der Waals surface area (Å²) in [5, 5.41) is 49.1. The van der Waals surface area contributed by atoms with E-state index in [2.05, 4.69) is 0 Å². The van der Waals surface area contributed by atoms with E-state index in [1.54, 1.807) is 31.2 Å². The molecule has 2 aromatic carbocycles. The molecule has 2 heterocycles. The van der Waals surface area contributed by atoms with Gasteiger partial charge >= 0.3 is 0 Å². The lowest BCUT2D eigenvalue weighted by atomic mass is 10.00. The quantitative estimate of drug-likeness (QED) is 0.423. The second kappa shape index (κ2) is 7.62. The fraction of sp³-hybridized carbons (Fsp3) is 0.286. The summed E-state index contributed by atoms with van der Waals surface area (Å²) in [5.41, 5.74) is 0.0954. The van der Waals surface area contributed by atoms with Crippen molar-refractivity contribution in [3.05, 3.63) is 52.7 Å². The van der Waals surface area contributed by atoms with Gasteiger partial charge in [-0.25, -0.2) is 0 Å². The topological polar surface area (TPSA) is 150 Å². The SMILES string of the molecule is CC1OC(Oc2ccc(-c3cc(=O)c4c(O)cc(O)cc4o3)cc2)C(O)C(O)C1O. The zero-order chi connectivity index (χ0) is 21.6. The smallest absolute Gasteiger partial charge is 0.229 e. The van der Waals surface area contributed by atoms with Gasteiger partial charge in [-0.2, -0.15) is 0 Å². The molecule has 9 nitrogen and oxygen atoms in total. The van der Waals surface area contributed by atoms with Gasteiger partial charge in [-0.1, -0.05) is 0 Å². The summed E-state index contributed by atoms with van der Waals surface area (Å²) < 4.78 is 16.6. The van der Waals surface area contributed by atoms with Crippen molar-refractivity contribution in [2.24, 2.45) is 0 Å². The highest BCUT2D eigenvalue weighted by molar-refractivity contribution is 5.86. The average molecular weight is 416 g/mol. The summed E-state index contributed by atoms with van der Waals surface area (Å²) in [7, 11) is 0. The van der Waals surface area contributed by atoms with Crippen molar-refractivity contribution in [1.29, 1.82) is 0 Å². The Kier molecular flexibility index (Phi) is 5.12. The Morgan fingerprint density at radius 1 is 0.933 bits per heavy atom. The van der Waals surface area contributed by atoms with Crippen LogP contribution in [0.5, 0.6) is 17.2 Å². The molecule has 3 aromatic rings. The Bertz CT molecular complexity index is 1120. The molecule has 1 fully saturated rings. The van der Waals surface area contributed by atoms with Crippen molar-refractivity contribution in [3.63, 3.8) is 0 Å². The number of hydrogen-bond donors (Lipinski definition) is 5. The second-order valence-corrected chi connectivity index (χ2v) is 7.14. The number of aromatic hydroxyl groups is 2. The first-order chi connectivity index (χ1) is 14.2. The van der Waals surface area contributed by atoms with Crippen molar-refractivity contribution in [2.45, 2.75) is 37.6 Å². The van der Waals surface area contributed by atoms with E-state index in [9.17, 15) is 30.3 Å². The molecule has 0 aliphatic carbocycles. The van der Waals surface area contributed by atoms with Crippen molar-refractivity contribution in [3.8, 4) is 28.6 Å². The van der Waals surface area contributed by atoms with Gasteiger partial charge in [0.25, 0.3) is 0 Å². The summed E-state index contributed by atoms with van der Waals surface area (Å²) in [5.74, 6) is -0.0829. The molecule has 0 bridgehead atoms. The second-order valence-electron chi connectivity index (χ2n) is 7.14. The lowest BCUT2D eigenvalue weighted by molar-refractivity contribution is -0.268. The van der Waals surface area contributed by atoms with Crippen LogP contribution in [0, 0.1) is 0 Å². The van der Waals surface area contributed by atoms with Crippen LogP contribution < -0.4 is 10.2 Å². The first-order valence-corrected chi connectivity index (χ1v) is 9.21. The third kappa shape index (κ3) is 3.59. The van der Waals surface area contributed by atoms with Gasteiger partial charge in [0.1, 0.15) is 52.3 Å². The maximum Gasteiger partial charge on any atom is 0.229 e. The van der Waals surface area contributed by atoms with Gasteiger partial charge in [-0.05, 0) is 31.2 Å². The van der Waals surface area contributed by atoms with E-state index in [0.29, 0.717) is 11.3 Å². The number of phenolic OH excluding ortho intramolecular Hbond substituents is 2. The minimum Gasteiger partial charge on any atom is -0.508 e. The Labute approximate surface area is 170 Å². The summed E-state index contributed by atoms with van der Waals surface area (Å²) in [6, 6.07) is 9.83. The van der Waals surface area contributed by atoms with E-state index in [4.69, 9.17) is 13.9 Å². The minimum atomic E-state index is -1.44. The molecule has 1 aliphatic rings. The van der Waals surface area contributed by atoms with Gasteiger partial charge in [-0.3, -0.25) is 4.79 Å². The molecule has 1 aliphatic heterocycles. The molecular formula is C21H20O9. The Balaban J connectivity index is 1.59. The molecule has 9 heteroatoms. The number of aliphatic hydroxyl groups is 3. The molecule has 1 saturated heterocycles. The molecule has 0 spiro atoms. The largest absolute Gasteiger partial charge is 0.508 e. The zero-order valence-electron chi connectivity index (χ0n) is 15.8. The van der Waals surface area contributed by atoms with Crippen molar-refractivity contribution < 1.29 is 39.4 Å². The van der Waals surface area contributed by atoms with Crippen molar-refractivity contribution in [2.75, 3.05) is 0 Å². The molecule has 4 rings (SSSR count). The highest BCUT2D eigenvalue weighted by atomic mass is 16.7. The number of rotatable bonds is 3. The van der Waals surface area contributed by atoms with Crippen LogP contribution in [0.1, 0.15) is 6.92 Å². The number of hydrogen-bond acceptors (Lipinski definition) is 9. The Hall–Kier alpha value is -3.11. The van der Waals surface area contributed by atoms with Crippen LogP contribution in [-0.2, 0) is 4.74 Å². The Morgan fingerprint density at radius 3 is 2.33 bits per heavy atom. The van der Waals surface area contributed by atoms with Gasteiger partial charge in [-0.15, -0.1) is 0 Å². The van der Waals surface area contributed by atoms with Gasteiger partial charge in [0.2, 0.25) is 6.29 Å². The van der Waals surface area contributed by atoms with Crippen LogP contribution in [-0.4, -0.2) is 56.2 Å². The maximum absolute atomic E-state index is 12.3. The predicted molar refractivity (Wildman–Crippen MR) is 104 cm³/mol. The number of fused-ring (bicyclic) bond motifs is 1. The van der Waals surface area contributed by atoms with Crippen molar-refractivity contribution >= 4 is 11.0 Å². The van der Waals surface area contributed by atoms with Gasteiger partial charge in [0, 0.05) is 23.8 Å². The maximum atomic E-state index is 12.3. The third-order valence-electron chi connectivity index (χ3n) is 4.99. The normalized spacial score (nSPS) is 26.6. The Morgan fingerprint density at radius 2 is 1.63 bits per heavy atom. The lowest BCUT2D eigenvalue weighted by Gasteiger charge is -2.38. The molecule has 30 heavy (non-hydrogen) atoms. The average Bonchev–Trinajstić information content (AvgIpc) is 2.70. The van der Waals surface area contributed by atoms with Crippen molar-refractivity contribution in [1.82, 2.24) is 0 Å². The van der Waals surface area contributed by atoms with Gasteiger partial charge in [0.15, 0.2) is 5.43 Å². The zero-order valence-corrected chi connectivity index (χ0v) is 15.8. The van der Waals surface area contributed by atoms with Gasteiger partial charge < -0.3 is 39.4 Å².